The highest BCUT2D eigenvalue weighted by Gasteiger charge is 2.22. The summed E-state index contributed by atoms with van der Waals surface area (Å²) >= 11 is 1.32. The molecule has 134 valence electrons. The predicted molar refractivity (Wildman–Crippen MR) is 98.4 cm³/mol. The quantitative estimate of drug-likeness (QED) is 0.763. The topological polar surface area (TPSA) is 80.1 Å². The minimum absolute atomic E-state index is 0.000593. The maximum atomic E-state index is 12.5. The first-order valence-corrected chi connectivity index (χ1v) is 8.93. The van der Waals surface area contributed by atoms with Gasteiger partial charge in [0, 0.05) is 19.8 Å². The Morgan fingerprint density at radius 2 is 2.08 bits per heavy atom. The number of thioether (sulfide) groups is 1. The molecule has 8 heteroatoms. The number of aryl methyl sites for hydroxylation is 2. The number of hydrogen-bond acceptors (Lipinski definition) is 5. The third kappa shape index (κ3) is 5.06. The number of para-hydroxylation sites is 1. The lowest BCUT2D eigenvalue weighted by molar-refractivity contribution is -0.132. The smallest absolute Gasteiger partial charge is 0.243 e. The summed E-state index contributed by atoms with van der Waals surface area (Å²) in [5, 5.41) is 10.9. The van der Waals surface area contributed by atoms with Gasteiger partial charge in [0.15, 0.2) is 5.16 Å². The average molecular weight is 361 g/mol. The lowest BCUT2D eigenvalue weighted by atomic mass is 10.1. The van der Waals surface area contributed by atoms with Gasteiger partial charge in [-0.1, -0.05) is 36.9 Å². The van der Waals surface area contributed by atoms with Crippen LogP contribution in [0.1, 0.15) is 19.4 Å². The van der Waals surface area contributed by atoms with E-state index < -0.39 is 0 Å². The summed E-state index contributed by atoms with van der Waals surface area (Å²) in [5.41, 5.74) is 1.85. The van der Waals surface area contributed by atoms with Crippen molar-refractivity contribution < 1.29 is 9.59 Å². The summed E-state index contributed by atoms with van der Waals surface area (Å²) in [6.07, 6.45) is 2.42. The average Bonchev–Trinajstić information content (AvgIpc) is 2.99. The second-order valence-corrected chi connectivity index (χ2v) is 7.05. The Kier molecular flexibility index (Phi) is 6.58. The van der Waals surface area contributed by atoms with Crippen molar-refractivity contribution >= 4 is 29.3 Å². The minimum atomic E-state index is -0.358. The summed E-state index contributed by atoms with van der Waals surface area (Å²) in [7, 11) is 3.45. The zero-order valence-corrected chi connectivity index (χ0v) is 15.7. The van der Waals surface area contributed by atoms with Crippen molar-refractivity contribution in [2.24, 2.45) is 7.05 Å². The molecule has 1 atom stereocenters. The monoisotopic (exact) mass is 361 g/mol. The molecule has 0 fully saturated rings. The standard InChI is InChI=1S/C17H23N5O2S/c1-5-13-8-6-7-9-14(13)19-15(23)10-21(3)16(24)12(2)25-17-20-18-11-22(17)4/h6-9,11-12H,5,10H2,1-4H3,(H,19,23). The van der Waals surface area contributed by atoms with E-state index in [0.29, 0.717) is 5.16 Å². The van der Waals surface area contributed by atoms with Gasteiger partial charge in [0.1, 0.15) is 6.33 Å². The fraction of sp³-hybridized carbons (Fsp3) is 0.412. The van der Waals surface area contributed by atoms with Crippen molar-refractivity contribution in [3.05, 3.63) is 36.2 Å². The molecule has 1 aromatic carbocycles. The second-order valence-electron chi connectivity index (χ2n) is 5.74. The summed E-state index contributed by atoms with van der Waals surface area (Å²) in [5.74, 6) is -0.348. The van der Waals surface area contributed by atoms with Gasteiger partial charge in [-0.05, 0) is 25.0 Å². The lowest BCUT2D eigenvalue weighted by Gasteiger charge is -2.20. The first kappa shape index (κ1) is 19.0. The van der Waals surface area contributed by atoms with Gasteiger partial charge in [0.05, 0.1) is 11.8 Å². The van der Waals surface area contributed by atoms with Crippen LogP contribution in [0.2, 0.25) is 0 Å². The third-order valence-electron chi connectivity index (χ3n) is 3.73. The van der Waals surface area contributed by atoms with E-state index >= 15 is 0 Å². The molecule has 1 N–H and O–H groups in total. The molecule has 0 spiro atoms. The van der Waals surface area contributed by atoms with Gasteiger partial charge in [-0.25, -0.2) is 0 Å². The Morgan fingerprint density at radius 3 is 2.72 bits per heavy atom. The molecule has 0 aliphatic rings. The number of carbonyl (C=O) groups is 2. The van der Waals surface area contributed by atoms with E-state index in [1.807, 2.05) is 38.2 Å². The van der Waals surface area contributed by atoms with Crippen LogP contribution in [0, 0.1) is 0 Å². The highest BCUT2D eigenvalue weighted by molar-refractivity contribution is 8.00. The third-order valence-corrected chi connectivity index (χ3v) is 4.86. The Morgan fingerprint density at radius 1 is 1.36 bits per heavy atom. The van der Waals surface area contributed by atoms with Crippen molar-refractivity contribution in [1.82, 2.24) is 19.7 Å². The molecular weight excluding hydrogens is 338 g/mol. The SMILES string of the molecule is CCc1ccccc1NC(=O)CN(C)C(=O)C(C)Sc1nncn1C. The molecule has 0 saturated heterocycles. The molecule has 0 aliphatic carbocycles. The zero-order chi connectivity index (χ0) is 18.4. The van der Waals surface area contributed by atoms with Crippen LogP contribution in [0.15, 0.2) is 35.7 Å². The minimum Gasteiger partial charge on any atom is -0.335 e. The number of nitrogens with one attached hydrogen (secondary N) is 1. The van der Waals surface area contributed by atoms with Crippen molar-refractivity contribution in [3.8, 4) is 0 Å². The van der Waals surface area contributed by atoms with Crippen LogP contribution >= 0.6 is 11.8 Å². The van der Waals surface area contributed by atoms with E-state index in [2.05, 4.69) is 15.5 Å². The number of amides is 2. The zero-order valence-electron chi connectivity index (χ0n) is 14.9. The van der Waals surface area contributed by atoms with Crippen molar-refractivity contribution in [1.29, 1.82) is 0 Å². The van der Waals surface area contributed by atoms with Crippen LogP contribution in [0.4, 0.5) is 5.69 Å². The first-order valence-electron chi connectivity index (χ1n) is 8.05. The van der Waals surface area contributed by atoms with Crippen LogP contribution < -0.4 is 5.32 Å². The molecule has 0 bridgehead atoms. The molecule has 0 saturated carbocycles. The van der Waals surface area contributed by atoms with Gasteiger partial charge in [-0.15, -0.1) is 10.2 Å². The van der Waals surface area contributed by atoms with Crippen LogP contribution in [-0.4, -0.2) is 50.3 Å². The molecule has 0 radical (unpaired) electrons. The van der Waals surface area contributed by atoms with E-state index in [9.17, 15) is 9.59 Å². The molecular formula is C17H23N5O2S. The molecule has 2 aromatic rings. The summed E-state index contributed by atoms with van der Waals surface area (Å²) < 4.78 is 1.75. The first-order chi connectivity index (χ1) is 11.9. The maximum absolute atomic E-state index is 12.5. The number of rotatable bonds is 7. The van der Waals surface area contributed by atoms with Gasteiger partial charge in [-0.3, -0.25) is 9.59 Å². The molecule has 1 heterocycles. The van der Waals surface area contributed by atoms with Gasteiger partial charge in [0.25, 0.3) is 0 Å². The number of carbonyl (C=O) groups excluding carboxylic acids is 2. The van der Waals surface area contributed by atoms with Gasteiger partial charge in [0.2, 0.25) is 11.8 Å². The number of aromatic nitrogens is 3. The Bertz CT molecular complexity index is 746. The number of hydrogen-bond donors (Lipinski definition) is 1. The summed E-state index contributed by atoms with van der Waals surface area (Å²) in [6, 6.07) is 7.66. The molecule has 0 aliphatic heterocycles. The summed E-state index contributed by atoms with van der Waals surface area (Å²) in [6.45, 7) is 3.83. The van der Waals surface area contributed by atoms with Crippen LogP contribution in [-0.2, 0) is 23.1 Å². The van der Waals surface area contributed by atoms with E-state index in [1.54, 1.807) is 24.9 Å². The fourth-order valence-electron chi connectivity index (χ4n) is 2.33. The molecule has 25 heavy (non-hydrogen) atoms. The van der Waals surface area contributed by atoms with Gasteiger partial charge >= 0.3 is 0 Å². The maximum Gasteiger partial charge on any atom is 0.243 e. The number of anilines is 1. The van der Waals surface area contributed by atoms with Crippen LogP contribution in [0.5, 0.6) is 0 Å². The molecule has 1 unspecified atom stereocenters. The highest BCUT2D eigenvalue weighted by Crippen LogP contribution is 2.21. The van der Waals surface area contributed by atoms with Gasteiger partial charge < -0.3 is 14.8 Å². The van der Waals surface area contributed by atoms with E-state index in [4.69, 9.17) is 0 Å². The second kappa shape index (κ2) is 8.66. The van der Waals surface area contributed by atoms with Crippen molar-refractivity contribution in [2.45, 2.75) is 30.7 Å². The Labute approximate surface area is 151 Å². The van der Waals surface area contributed by atoms with Crippen LogP contribution in [0.3, 0.4) is 0 Å². The van der Waals surface area contributed by atoms with Crippen molar-refractivity contribution in [3.63, 3.8) is 0 Å². The molecule has 2 rings (SSSR count). The number of benzene rings is 1. The predicted octanol–water partition coefficient (Wildman–Crippen LogP) is 1.96. The number of likely N-dealkylation sites (N-methyl/N-ethyl adjacent to an activating group) is 1. The largest absolute Gasteiger partial charge is 0.335 e. The fourth-order valence-corrected chi connectivity index (χ4v) is 3.24. The highest BCUT2D eigenvalue weighted by atomic mass is 32.2. The van der Waals surface area contributed by atoms with E-state index in [1.165, 1.54) is 16.7 Å². The van der Waals surface area contributed by atoms with Crippen LogP contribution in [0.25, 0.3) is 0 Å². The molecule has 1 aromatic heterocycles. The van der Waals surface area contributed by atoms with Gasteiger partial charge in [-0.2, -0.15) is 0 Å². The Balaban J connectivity index is 1.91. The lowest BCUT2D eigenvalue weighted by Crippen LogP contribution is -2.39. The molecule has 2 amide bonds. The molecule has 7 nitrogen and oxygen atoms in total. The van der Waals surface area contributed by atoms with E-state index in [-0.39, 0.29) is 23.6 Å². The van der Waals surface area contributed by atoms with Crippen molar-refractivity contribution in [2.75, 3.05) is 18.9 Å². The Hall–Kier alpha value is -2.35. The normalized spacial score (nSPS) is 11.8. The summed E-state index contributed by atoms with van der Waals surface area (Å²) in [4.78, 5) is 26.1. The van der Waals surface area contributed by atoms with E-state index in [0.717, 1.165) is 17.7 Å². The number of nitrogens with zero attached hydrogens (tertiary/aromatic N) is 4.